The van der Waals surface area contributed by atoms with Crippen molar-refractivity contribution in [2.75, 3.05) is 26.3 Å². The highest BCUT2D eigenvalue weighted by Gasteiger charge is 2.27. The summed E-state index contributed by atoms with van der Waals surface area (Å²) < 4.78 is 5.20. The zero-order valence-corrected chi connectivity index (χ0v) is 14.2. The highest BCUT2D eigenvalue weighted by Crippen LogP contribution is 2.22. The smallest absolute Gasteiger partial charge is 0.220 e. The number of benzene rings is 1. The fraction of sp³-hybridized carbons (Fsp3) is 0.632. The molecular formula is C19H28N2O3. The Morgan fingerprint density at radius 1 is 1.21 bits per heavy atom. The molecule has 2 atom stereocenters. The van der Waals surface area contributed by atoms with Crippen LogP contribution in [0.3, 0.4) is 0 Å². The molecule has 2 saturated heterocycles. The SMILES string of the molecule is O=C(CC1CCN(Cc2ccccc2)CC1)N[C@@H]1CCOC[C@H]1O. The molecule has 0 bridgehead atoms. The van der Waals surface area contributed by atoms with Gasteiger partial charge in [-0.15, -0.1) is 0 Å². The van der Waals surface area contributed by atoms with Crippen molar-refractivity contribution in [1.82, 2.24) is 10.2 Å². The first-order chi connectivity index (χ1) is 11.7. The third kappa shape index (κ3) is 5.03. The van der Waals surface area contributed by atoms with Crippen LogP contribution in [0.15, 0.2) is 30.3 Å². The number of ether oxygens (including phenoxy) is 1. The van der Waals surface area contributed by atoms with E-state index in [0.717, 1.165) is 32.5 Å². The molecule has 0 radical (unpaired) electrons. The molecule has 1 aromatic carbocycles. The first-order valence-electron chi connectivity index (χ1n) is 9.02. The molecule has 3 rings (SSSR count). The lowest BCUT2D eigenvalue weighted by Crippen LogP contribution is -2.49. The number of rotatable bonds is 5. The molecule has 2 heterocycles. The van der Waals surface area contributed by atoms with Gasteiger partial charge < -0.3 is 15.2 Å². The maximum absolute atomic E-state index is 12.2. The Morgan fingerprint density at radius 2 is 1.96 bits per heavy atom. The van der Waals surface area contributed by atoms with Gasteiger partial charge in [-0.1, -0.05) is 30.3 Å². The second kappa shape index (κ2) is 8.60. The van der Waals surface area contributed by atoms with E-state index in [1.54, 1.807) is 0 Å². The minimum atomic E-state index is -0.574. The summed E-state index contributed by atoms with van der Waals surface area (Å²) >= 11 is 0. The number of likely N-dealkylation sites (tertiary alicyclic amines) is 1. The molecule has 5 nitrogen and oxygen atoms in total. The summed E-state index contributed by atoms with van der Waals surface area (Å²) in [6, 6.07) is 10.4. The molecule has 24 heavy (non-hydrogen) atoms. The number of nitrogens with one attached hydrogen (secondary N) is 1. The number of nitrogens with zero attached hydrogens (tertiary/aromatic N) is 1. The molecule has 2 N–H and O–H groups in total. The average Bonchev–Trinajstić information content (AvgIpc) is 2.60. The molecule has 2 aliphatic rings. The molecule has 5 heteroatoms. The number of piperidine rings is 1. The summed E-state index contributed by atoms with van der Waals surface area (Å²) in [6.07, 6.45) is 2.83. The number of hydrogen-bond acceptors (Lipinski definition) is 4. The van der Waals surface area contributed by atoms with Crippen molar-refractivity contribution in [3.8, 4) is 0 Å². The van der Waals surface area contributed by atoms with E-state index in [-0.39, 0.29) is 11.9 Å². The van der Waals surface area contributed by atoms with Gasteiger partial charge in [-0.05, 0) is 43.8 Å². The minimum absolute atomic E-state index is 0.0717. The molecule has 0 aliphatic carbocycles. The van der Waals surface area contributed by atoms with E-state index in [0.29, 0.717) is 32.0 Å². The zero-order chi connectivity index (χ0) is 16.8. The number of carbonyl (C=O) groups is 1. The summed E-state index contributed by atoms with van der Waals surface area (Å²) in [5, 5.41) is 12.8. The topological polar surface area (TPSA) is 61.8 Å². The van der Waals surface area contributed by atoms with Gasteiger partial charge in [0, 0.05) is 19.6 Å². The highest BCUT2D eigenvalue weighted by molar-refractivity contribution is 5.76. The monoisotopic (exact) mass is 332 g/mol. The standard InChI is InChI=1S/C19H28N2O3/c22-18-14-24-11-8-17(18)20-19(23)12-15-6-9-21(10-7-15)13-16-4-2-1-3-5-16/h1-5,15,17-18,22H,6-14H2,(H,20,23)/t17-,18-/m1/s1. The van der Waals surface area contributed by atoms with E-state index in [9.17, 15) is 9.90 Å². The van der Waals surface area contributed by atoms with Crippen LogP contribution in [0.5, 0.6) is 0 Å². The second-order valence-corrected chi connectivity index (χ2v) is 7.01. The first-order valence-corrected chi connectivity index (χ1v) is 9.02. The van der Waals surface area contributed by atoms with E-state index in [4.69, 9.17) is 4.74 Å². The lowest BCUT2D eigenvalue weighted by molar-refractivity contribution is -0.125. The highest BCUT2D eigenvalue weighted by atomic mass is 16.5. The maximum Gasteiger partial charge on any atom is 0.220 e. The lowest BCUT2D eigenvalue weighted by atomic mass is 9.92. The summed E-state index contributed by atoms with van der Waals surface area (Å²) in [6.45, 7) is 4.02. The number of carbonyl (C=O) groups excluding carboxylic acids is 1. The summed E-state index contributed by atoms with van der Waals surface area (Å²) in [7, 11) is 0. The van der Waals surface area contributed by atoms with Crippen LogP contribution in [-0.2, 0) is 16.1 Å². The quantitative estimate of drug-likeness (QED) is 0.859. The van der Waals surface area contributed by atoms with Gasteiger partial charge in [0.05, 0.1) is 18.8 Å². The van der Waals surface area contributed by atoms with Crippen molar-refractivity contribution >= 4 is 5.91 Å². The van der Waals surface area contributed by atoms with Crippen LogP contribution >= 0.6 is 0 Å². The van der Waals surface area contributed by atoms with Gasteiger partial charge in [0.25, 0.3) is 0 Å². The van der Waals surface area contributed by atoms with Gasteiger partial charge in [0.2, 0.25) is 5.91 Å². The summed E-state index contributed by atoms with van der Waals surface area (Å²) in [5.41, 5.74) is 1.35. The van der Waals surface area contributed by atoms with Crippen molar-refractivity contribution < 1.29 is 14.6 Å². The van der Waals surface area contributed by atoms with Crippen LogP contribution < -0.4 is 5.32 Å². The minimum Gasteiger partial charge on any atom is -0.389 e. The predicted molar refractivity (Wildman–Crippen MR) is 92.4 cm³/mol. The lowest BCUT2D eigenvalue weighted by Gasteiger charge is -2.33. The molecule has 2 fully saturated rings. The Bertz CT molecular complexity index is 515. The van der Waals surface area contributed by atoms with Gasteiger partial charge >= 0.3 is 0 Å². The Morgan fingerprint density at radius 3 is 2.67 bits per heavy atom. The number of amides is 1. The summed E-state index contributed by atoms with van der Waals surface area (Å²) in [5.74, 6) is 0.525. The van der Waals surface area contributed by atoms with Gasteiger partial charge in [0.15, 0.2) is 0 Å². The Labute approximate surface area is 144 Å². The van der Waals surface area contributed by atoms with Gasteiger partial charge in [-0.25, -0.2) is 0 Å². The second-order valence-electron chi connectivity index (χ2n) is 7.01. The van der Waals surface area contributed by atoms with Crippen molar-refractivity contribution in [3.63, 3.8) is 0 Å². The average molecular weight is 332 g/mol. The molecule has 2 aliphatic heterocycles. The van der Waals surface area contributed by atoms with E-state index in [1.807, 2.05) is 6.07 Å². The number of aliphatic hydroxyl groups is 1. The molecule has 132 valence electrons. The fourth-order valence-corrected chi connectivity index (χ4v) is 3.61. The van der Waals surface area contributed by atoms with Crippen LogP contribution in [0, 0.1) is 5.92 Å². The zero-order valence-electron chi connectivity index (χ0n) is 14.2. The van der Waals surface area contributed by atoms with Crippen LogP contribution in [0.25, 0.3) is 0 Å². The van der Waals surface area contributed by atoms with E-state index < -0.39 is 6.10 Å². The molecule has 0 aromatic heterocycles. The van der Waals surface area contributed by atoms with Crippen LogP contribution in [0.1, 0.15) is 31.2 Å². The number of aliphatic hydroxyl groups excluding tert-OH is 1. The number of hydrogen-bond donors (Lipinski definition) is 2. The van der Waals surface area contributed by atoms with Crippen molar-refractivity contribution in [2.45, 2.75) is 44.4 Å². The van der Waals surface area contributed by atoms with Crippen LogP contribution in [-0.4, -0.2) is 54.4 Å². The molecule has 0 spiro atoms. The third-order valence-corrected chi connectivity index (χ3v) is 5.10. The van der Waals surface area contributed by atoms with Crippen molar-refractivity contribution in [1.29, 1.82) is 0 Å². The Hall–Kier alpha value is -1.43. The summed E-state index contributed by atoms with van der Waals surface area (Å²) in [4.78, 5) is 14.7. The van der Waals surface area contributed by atoms with Crippen LogP contribution in [0.4, 0.5) is 0 Å². The maximum atomic E-state index is 12.2. The Balaban J connectivity index is 1.38. The first kappa shape index (κ1) is 17.4. The van der Waals surface area contributed by atoms with Crippen molar-refractivity contribution in [2.24, 2.45) is 5.92 Å². The third-order valence-electron chi connectivity index (χ3n) is 5.10. The van der Waals surface area contributed by atoms with E-state index in [2.05, 4.69) is 34.5 Å². The van der Waals surface area contributed by atoms with Crippen molar-refractivity contribution in [3.05, 3.63) is 35.9 Å². The normalized spacial score (nSPS) is 26.2. The van der Waals surface area contributed by atoms with Gasteiger partial charge in [-0.2, -0.15) is 0 Å². The van der Waals surface area contributed by atoms with Gasteiger partial charge in [-0.3, -0.25) is 9.69 Å². The molecule has 0 unspecified atom stereocenters. The van der Waals surface area contributed by atoms with Gasteiger partial charge in [0.1, 0.15) is 0 Å². The largest absolute Gasteiger partial charge is 0.389 e. The molecule has 0 saturated carbocycles. The van der Waals surface area contributed by atoms with E-state index >= 15 is 0 Å². The Kier molecular flexibility index (Phi) is 6.24. The molecular weight excluding hydrogens is 304 g/mol. The fourth-order valence-electron chi connectivity index (χ4n) is 3.61. The molecule has 1 amide bonds. The van der Waals surface area contributed by atoms with E-state index in [1.165, 1.54) is 5.56 Å². The van der Waals surface area contributed by atoms with Crippen LogP contribution in [0.2, 0.25) is 0 Å². The predicted octanol–water partition coefficient (Wildman–Crippen LogP) is 1.55. The molecule has 1 aromatic rings.